The first-order valence-electron chi connectivity index (χ1n) is 1.32. The van der Waals surface area contributed by atoms with Crippen LogP contribution in [-0.2, 0) is 0 Å². The monoisotopic (exact) mass is 150 g/mol. The van der Waals surface area contributed by atoms with Crippen LogP contribution in [0.15, 0.2) is 0 Å². The van der Waals surface area contributed by atoms with Crippen molar-refractivity contribution in [3.8, 4) is 0 Å². The van der Waals surface area contributed by atoms with Crippen LogP contribution in [0.25, 0.3) is 0 Å². The molecule has 0 spiro atoms. The van der Waals surface area contributed by atoms with Crippen molar-refractivity contribution in [1.82, 2.24) is 0 Å². The Labute approximate surface area is 72.1 Å². The average Bonchev–Trinajstić information content (AvgIpc) is 1.37. The second kappa shape index (κ2) is 9.04. The molecule has 0 radical (unpaired) electrons. The molecule has 0 aliphatic carbocycles. The van der Waals surface area contributed by atoms with Crippen LogP contribution >= 0.6 is 0 Å². The summed E-state index contributed by atoms with van der Waals surface area (Å²) in [5.74, 6) is 0. The molecule has 0 atom stereocenters. The molecule has 5 heavy (non-hydrogen) atoms. The molecule has 0 rings (SSSR count). The van der Waals surface area contributed by atoms with Gasteiger partial charge in [0.25, 0.3) is 0 Å². The van der Waals surface area contributed by atoms with Gasteiger partial charge in [-0.25, -0.2) is 0 Å². The summed E-state index contributed by atoms with van der Waals surface area (Å²) in [6.07, 6.45) is 0. The summed E-state index contributed by atoms with van der Waals surface area (Å²) in [6.45, 7) is 1.19. The SMILES string of the molecule is NCCN.[H-].[H-].[Sr+2]. The minimum atomic E-state index is 0. The van der Waals surface area contributed by atoms with E-state index in [1.807, 2.05) is 0 Å². The van der Waals surface area contributed by atoms with E-state index < -0.39 is 0 Å². The number of rotatable bonds is 1. The summed E-state index contributed by atoms with van der Waals surface area (Å²) in [4.78, 5) is 0. The van der Waals surface area contributed by atoms with Crippen LogP contribution in [0.3, 0.4) is 0 Å². The molecule has 0 heterocycles. The van der Waals surface area contributed by atoms with Crippen LogP contribution < -0.4 is 11.5 Å². The predicted molar refractivity (Wildman–Crippen MR) is 26.1 cm³/mol. The van der Waals surface area contributed by atoms with Gasteiger partial charge in [-0.15, -0.1) is 0 Å². The molecule has 3 heteroatoms. The number of hydrogen-bond acceptors (Lipinski definition) is 2. The quantitative estimate of drug-likeness (QED) is 0.458. The first-order chi connectivity index (χ1) is 1.91. The molecule has 0 aliphatic heterocycles. The van der Waals surface area contributed by atoms with E-state index in [1.165, 1.54) is 0 Å². The standard InChI is InChI=1S/C2H8N2.Sr.2H/c3-1-2-4;;;/h1-4H2;;;/q;+2;2*-1. The van der Waals surface area contributed by atoms with Crippen molar-refractivity contribution < 1.29 is 2.85 Å². The molecule has 0 aromatic rings. The topological polar surface area (TPSA) is 52.0 Å². The van der Waals surface area contributed by atoms with Crippen molar-refractivity contribution in [2.24, 2.45) is 11.5 Å². The molecule has 30 valence electrons. The largest absolute Gasteiger partial charge is 2.00 e. The third-order valence-electron chi connectivity index (χ3n) is 0.167. The van der Waals surface area contributed by atoms with Gasteiger partial charge in [0.1, 0.15) is 0 Å². The fourth-order valence-corrected chi connectivity index (χ4v) is 0. The Bertz CT molecular complexity index is 15.7. The Hall–Kier alpha value is 1.40. The van der Waals surface area contributed by atoms with Crippen molar-refractivity contribution in [2.45, 2.75) is 0 Å². The fourth-order valence-electron chi connectivity index (χ4n) is 0. The van der Waals surface area contributed by atoms with Crippen LogP contribution in [0, 0.1) is 0 Å². The van der Waals surface area contributed by atoms with Crippen LogP contribution in [-0.4, -0.2) is 58.6 Å². The van der Waals surface area contributed by atoms with E-state index >= 15 is 0 Å². The van der Waals surface area contributed by atoms with E-state index in [1.54, 1.807) is 0 Å². The minimum Gasteiger partial charge on any atom is -1.00 e. The van der Waals surface area contributed by atoms with Crippen LogP contribution in [0.5, 0.6) is 0 Å². The summed E-state index contributed by atoms with van der Waals surface area (Å²) in [5, 5.41) is 0. The average molecular weight is 150 g/mol. The molecule has 4 N–H and O–H groups in total. The third-order valence-corrected chi connectivity index (χ3v) is 0.167. The Morgan fingerprint density at radius 3 is 1.40 bits per heavy atom. The normalized spacial score (nSPS) is 6.00. The van der Waals surface area contributed by atoms with Gasteiger partial charge in [0.2, 0.25) is 0 Å². The fraction of sp³-hybridized carbons (Fsp3) is 1.00. The van der Waals surface area contributed by atoms with E-state index in [9.17, 15) is 0 Å². The summed E-state index contributed by atoms with van der Waals surface area (Å²) < 4.78 is 0. The smallest absolute Gasteiger partial charge is 1.00 e. The van der Waals surface area contributed by atoms with Gasteiger partial charge in [0, 0.05) is 13.1 Å². The molecule has 0 aliphatic rings. The van der Waals surface area contributed by atoms with Crippen molar-refractivity contribution in [2.75, 3.05) is 13.1 Å². The Morgan fingerprint density at radius 1 is 1.20 bits per heavy atom. The van der Waals surface area contributed by atoms with E-state index in [-0.39, 0.29) is 48.3 Å². The summed E-state index contributed by atoms with van der Waals surface area (Å²) in [5.41, 5.74) is 9.81. The minimum absolute atomic E-state index is 0. The van der Waals surface area contributed by atoms with E-state index in [2.05, 4.69) is 0 Å². The zero-order valence-electron chi connectivity index (χ0n) is 5.28. The van der Waals surface area contributed by atoms with Crippen molar-refractivity contribution in [3.63, 3.8) is 0 Å². The molecular weight excluding hydrogens is 140 g/mol. The summed E-state index contributed by atoms with van der Waals surface area (Å²) in [7, 11) is 0. The Balaban J connectivity index is -0.0000000150. The molecule has 0 fully saturated rings. The number of hydrogen-bond donors (Lipinski definition) is 2. The van der Waals surface area contributed by atoms with Gasteiger partial charge < -0.3 is 14.3 Å². The number of nitrogens with two attached hydrogens (primary N) is 2. The van der Waals surface area contributed by atoms with Crippen molar-refractivity contribution in [3.05, 3.63) is 0 Å². The van der Waals surface area contributed by atoms with Crippen LogP contribution in [0.4, 0.5) is 0 Å². The maximum Gasteiger partial charge on any atom is 2.00 e. The maximum atomic E-state index is 4.90. The second-order valence-electron chi connectivity index (χ2n) is 0.577. The molecule has 0 saturated heterocycles. The molecule has 2 nitrogen and oxygen atoms in total. The van der Waals surface area contributed by atoms with Gasteiger partial charge in [0.15, 0.2) is 0 Å². The second-order valence-corrected chi connectivity index (χ2v) is 0.577. The Morgan fingerprint density at radius 2 is 1.40 bits per heavy atom. The maximum absolute atomic E-state index is 4.90. The molecule has 0 unspecified atom stereocenters. The molecule has 0 aromatic heterocycles. The van der Waals surface area contributed by atoms with Gasteiger partial charge in [-0.3, -0.25) is 0 Å². The molecular formula is C2H10N2Sr. The summed E-state index contributed by atoms with van der Waals surface area (Å²) >= 11 is 0. The molecule has 0 saturated carbocycles. The predicted octanol–water partition coefficient (Wildman–Crippen LogP) is -1.25. The van der Waals surface area contributed by atoms with Crippen molar-refractivity contribution >= 4 is 45.5 Å². The molecule has 0 amide bonds. The zero-order chi connectivity index (χ0) is 3.41. The van der Waals surface area contributed by atoms with E-state index in [0.29, 0.717) is 13.1 Å². The first-order valence-corrected chi connectivity index (χ1v) is 1.32. The third kappa shape index (κ3) is 10.8. The van der Waals surface area contributed by atoms with Gasteiger partial charge in [-0.2, -0.15) is 0 Å². The zero-order valence-corrected chi connectivity index (χ0v) is 6.75. The molecule has 0 bridgehead atoms. The van der Waals surface area contributed by atoms with Gasteiger partial charge in [0.05, 0.1) is 0 Å². The van der Waals surface area contributed by atoms with Crippen LogP contribution in [0.1, 0.15) is 2.85 Å². The van der Waals surface area contributed by atoms with E-state index in [0.717, 1.165) is 0 Å². The molecule has 0 aromatic carbocycles. The van der Waals surface area contributed by atoms with Crippen molar-refractivity contribution in [1.29, 1.82) is 0 Å². The summed E-state index contributed by atoms with van der Waals surface area (Å²) in [6, 6.07) is 0. The first kappa shape index (κ1) is 9.64. The van der Waals surface area contributed by atoms with E-state index in [4.69, 9.17) is 11.5 Å². The van der Waals surface area contributed by atoms with Crippen LogP contribution in [0.2, 0.25) is 0 Å². The van der Waals surface area contributed by atoms with Gasteiger partial charge in [-0.05, 0) is 0 Å². The van der Waals surface area contributed by atoms with Gasteiger partial charge >= 0.3 is 45.5 Å². The van der Waals surface area contributed by atoms with Gasteiger partial charge in [-0.1, -0.05) is 0 Å². The Kier molecular flexibility index (Phi) is 17.4.